The zero-order valence-electron chi connectivity index (χ0n) is 9.61. The van der Waals surface area contributed by atoms with E-state index in [1.807, 2.05) is 0 Å². The molecule has 0 saturated heterocycles. The maximum atomic E-state index is 11.3. The predicted octanol–water partition coefficient (Wildman–Crippen LogP) is -0.593. The number of rotatable bonds is 8. The molecule has 0 spiro atoms. The quantitative estimate of drug-likeness (QED) is 0.542. The molecule has 1 unspecified atom stereocenters. The van der Waals surface area contributed by atoms with E-state index < -0.39 is 0 Å². The van der Waals surface area contributed by atoms with Crippen LogP contribution in [0.5, 0.6) is 0 Å². The van der Waals surface area contributed by atoms with Crippen molar-refractivity contribution in [2.24, 2.45) is 17.4 Å². The maximum Gasteiger partial charge on any atom is 0.308 e. The van der Waals surface area contributed by atoms with Gasteiger partial charge in [-0.25, -0.2) is 0 Å². The molecule has 1 atom stereocenters. The molecule has 0 amide bonds. The normalized spacial score (nSPS) is 11.9. The molecular weight excluding hydrogens is 212 g/mol. The molecule has 0 aliphatic carbocycles. The number of hydrogen-bond donors (Lipinski definition) is 2. The molecule has 4 N–H and O–H groups in total. The zero-order chi connectivity index (χ0) is 12.4. The second-order valence-corrected chi connectivity index (χ2v) is 3.41. The largest absolute Gasteiger partial charge is 0.464 e. The van der Waals surface area contributed by atoms with Crippen LogP contribution >= 0.6 is 0 Å². The summed E-state index contributed by atoms with van der Waals surface area (Å²) < 4.78 is 9.60. The number of ether oxygens (including phenoxy) is 2. The van der Waals surface area contributed by atoms with Crippen LogP contribution in [0.2, 0.25) is 0 Å². The predicted molar refractivity (Wildman–Crippen MR) is 58.4 cm³/mol. The first-order valence-corrected chi connectivity index (χ1v) is 5.34. The van der Waals surface area contributed by atoms with Gasteiger partial charge in [0.15, 0.2) is 0 Å². The molecule has 0 bridgehead atoms. The van der Waals surface area contributed by atoms with E-state index in [0.717, 1.165) is 0 Å². The van der Waals surface area contributed by atoms with Crippen molar-refractivity contribution in [2.75, 3.05) is 26.3 Å². The molecule has 0 aliphatic rings. The van der Waals surface area contributed by atoms with Crippen molar-refractivity contribution in [2.45, 2.75) is 19.8 Å². The number of carbonyl (C=O) groups is 2. The van der Waals surface area contributed by atoms with Crippen molar-refractivity contribution < 1.29 is 19.1 Å². The van der Waals surface area contributed by atoms with Crippen LogP contribution in [0.3, 0.4) is 0 Å². The topological polar surface area (TPSA) is 105 Å². The fourth-order valence-electron chi connectivity index (χ4n) is 0.999. The van der Waals surface area contributed by atoms with Gasteiger partial charge in [0.25, 0.3) is 0 Å². The molecule has 0 aromatic heterocycles. The van der Waals surface area contributed by atoms with Crippen molar-refractivity contribution in [3.05, 3.63) is 0 Å². The molecule has 94 valence electrons. The Bertz CT molecular complexity index is 221. The lowest BCUT2D eigenvalue weighted by Crippen LogP contribution is -2.20. The van der Waals surface area contributed by atoms with Crippen LogP contribution in [0, 0.1) is 5.92 Å². The summed E-state index contributed by atoms with van der Waals surface area (Å²) in [5, 5.41) is 0. The summed E-state index contributed by atoms with van der Waals surface area (Å²) in [5.41, 5.74) is 10.4. The highest BCUT2D eigenvalue weighted by Gasteiger charge is 2.16. The first-order chi connectivity index (χ1) is 7.61. The van der Waals surface area contributed by atoms with E-state index in [4.69, 9.17) is 20.9 Å². The third kappa shape index (κ3) is 7.19. The highest BCUT2D eigenvalue weighted by molar-refractivity contribution is 5.74. The van der Waals surface area contributed by atoms with E-state index in [2.05, 4.69) is 0 Å². The van der Waals surface area contributed by atoms with Gasteiger partial charge >= 0.3 is 11.9 Å². The first kappa shape index (κ1) is 14.9. The monoisotopic (exact) mass is 232 g/mol. The molecule has 0 aromatic carbocycles. The second-order valence-electron chi connectivity index (χ2n) is 3.41. The van der Waals surface area contributed by atoms with Crippen LogP contribution in [0.15, 0.2) is 0 Å². The second kappa shape index (κ2) is 9.11. The highest BCUT2D eigenvalue weighted by atomic mass is 16.5. The van der Waals surface area contributed by atoms with E-state index in [9.17, 15) is 9.59 Å². The fourth-order valence-corrected chi connectivity index (χ4v) is 0.999. The summed E-state index contributed by atoms with van der Waals surface area (Å²) in [4.78, 5) is 22.4. The van der Waals surface area contributed by atoms with Gasteiger partial charge < -0.3 is 20.9 Å². The average Bonchev–Trinajstić information content (AvgIpc) is 2.30. The number of carbonyl (C=O) groups excluding carboxylic acids is 2. The van der Waals surface area contributed by atoms with E-state index in [0.29, 0.717) is 19.5 Å². The number of hydrogen-bond acceptors (Lipinski definition) is 6. The molecule has 6 nitrogen and oxygen atoms in total. The molecular formula is C10H20N2O4. The molecule has 0 rings (SSSR count). The summed E-state index contributed by atoms with van der Waals surface area (Å²) in [6, 6.07) is 0. The van der Waals surface area contributed by atoms with Gasteiger partial charge in [-0.3, -0.25) is 9.59 Å². The van der Waals surface area contributed by atoms with E-state index in [1.165, 1.54) is 0 Å². The van der Waals surface area contributed by atoms with Crippen LogP contribution in [-0.2, 0) is 19.1 Å². The average molecular weight is 232 g/mol. The highest BCUT2D eigenvalue weighted by Crippen LogP contribution is 2.08. The Hall–Kier alpha value is -1.14. The van der Waals surface area contributed by atoms with Crippen molar-refractivity contribution in [1.29, 1.82) is 0 Å². The van der Waals surface area contributed by atoms with Gasteiger partial charge in [-0.15, -0.1) is 0 Å². The van der Waals surface area contributed by atoms with Crippen molar-refractivity contribution in [1.82, 2.24) is 0 Å². The number of nitrogens with two attached hydrogens (primary N) is 2. The SMILES string of the molecule is CC(CCC(=O)OCCN)C(=O)OCCN. The Kier molecular flexibility index (Phi) is 8.46. The lowest BCUT2D eigenvalue weighted by molar-refractivity contribution is -0.149. The Labute approximate surface area is 95.3 Å². The van der Waals surface area contributed by atoms with Gasteiger partial charge in [0.2, 0.25) is 0 Å². The van der Waals surface area contributed by atoms with Crippen LogP contribution in [-0.4, -0.2) is 38.2 Å². The van der Waals surface area contributed by atoms with Crippen molar-refractivity contribution in [3.8, 4) is 0 Å². The van der Waals surface area contributed by atoms with E-state index in [-0.39, 0.29) is 37.5 Å². The summed E-state index contributed by atoms with van der Waals surface area (Å²) in [5.74, 6) is -1.00. The Morgan fingerprint density at radius 1 is 1.12 bits per heavy atom. The lowest BCUT2D eigenvalue weighted by Gasteiger charge is -2.10. The molecule has 0 saturated carbocycles. The van der Waals surface area contributed by atoms with Gasteiger partial charge in [-0.1, -0.05) is 6.92 Å². The Morgan fingerprint density at radius 3 is 2.25 bits per heavy atom. The minimum absolute atomic E-state index is 0.193. The molecule has 0 aromatic rings. The fraction of sp³-hybridized carbons (Fsp3) is 0.800. The summed E-state index contributed by atoms with van der Waals surface area (Å²) in [6.07, 6.45) is 0.603. The molecule has 0 radical (unpaired) electrons. The first-order valence-electron chi connectivity index (χ1n) is 5.34. The van der Waals surface area contributed by atoms with E-state index in [1.54, 1.807) is 6.92 Å². The molecule has 0 heterocycles. The third-order valence-corrected chi connectivity index (χ3v) is 1.93. The number of esters is 2. The van der Waals surface area contributed by atoms with Crippen LogP contribution in [0.1, 0.15) is 19.8 Å². The lowest BCUT2D eigenvalue weighted by atomic mass is 10.1. The summed E-state index contributed by atoms with van der Waals surface area (Å²) >= 11 is 0. The zero-order valence-corrected chi connectivity index (χ0v) is 9.61. The van der Waals surface area contributed by atoms with Crippen molar-refractivity contribution in [3.63, 3.8) is 0 Å². The smallest absolute Gasteiger partial charge is 0.308 e. The minimum atomic E-state index is -0.344. The third-order valence-electron chi connectivity index (χ3n) is 1.93. The minimum Gasteiger partial charge on any atom is -0.464 e. The Morgan fingerprint density at radius 2 is 1.69 bits per heavy atom. The maximum absolute atomic E-state index is 11.3. The van der Waals surface area contributed by atoms with Gasteiger partial charge in [0, 0.05) is 19.5 Å². The van der Waals surface area contributed by atoms with Crippen LogP contribution in [0.4, 0.5) is 0 Å². The Balaban J connectivity index is 3.66. The van der Waals surface area contributed by atoms with E-state index >= 15 is 0 Å². The molecule has 0 aliphatic heterocycles. The summed E-state index contributed by atoms with van der Waals surface area (Å²) in [6.45, 7) is 2.73. The van der Waals surface area contributed by atoms with Crippen molar-refractivity contribution >= 4 is 11.9 Å². The van der Waals surface area contributed by atoms with Gasteiger partial charge in [0.1, 0.15) is 13.2 Å². The molecule has 0 fully saturated rings. The van der Waals surface area contributed by atoms with Crippen LogP contribution < -0.4 is 11.5 Å². The molecule has 6 heteroatoms. The van der Waals surface area contributed by atoms with Gasteiger partial charge in [0.05, 0.1) is 5.92 Å². The molecule has 16 heavy (non-hydrogen) atoms. The van der Waals surface area contributed by atoms with Gasteiger partial charge in [-0.05, 0) is 6.42 Å². The van der Waals surface area contributed by atoms with Gasteiger partial charge in [-0.2, -0.15) is 0 Å². The standard InChI is InChI=1S/C10H20N2O4/c1-8(10(14)16-7-5-12)2-3-9(13)15-6-4-11/h8H,2-7,11-12H2,1H3. The van der Waals surface area contributed by atoms with Crippen LogP contribution in [0.25, 0.3) is 0 Å². The summed E-state index contributed by atoms with van der Waals surface area (Å²) in [7, 11) is 0.